The van der Waals surface area contributed by atoms with Gasteiger partial charge < -0.3 is 5.73 Å². The van der Waals surface area contributed by atoms with Gasteiger partial charge in [-0.1, -0.05) is 26.7 Å². The summed E-state index contributed by atoms with van der Waals surface area (Å²) < 4.78 is 0. The molecule has 66 valence electrons. The Labute approximate surface area is 70.4 Å². The van der Waals surface area contributed by atoms with E-state index in [0.29, 0.717) is 0 Å². The summed E-state index contributed by atoms with van der Waals surface area (Å²) in [5.41, 5.74) is 6.41. The van der Waals surface area contributed by atoms with Crippen molar-refractivity contribution in [1.29, 1.82) is 0 Å². The van der Waals surface area contributed by atoms with E-state index in [9.17, 15) is 0 Å². The summed E-state index contributed by atoms with van der Waals surface area (Å²) in [7, 11) is 0. The molecule has 0 aromatic carbocycles. The Kier molecular flexibility index (Phi) is 2.94. The molecule has 0 radical (unpaired) electrons. The van der Waals surface area contributed by atoms with Crippen LogP contribution < -0.4 is 5.73 Å². The molecule has 0 heterocycles. The van der Waals surface area contributed by atoms with Gasteiger partial charge >= 0.3 is 0 Å². The van der Waals surface area contributed by atoms with Crippen LogP contribution in [0.3, 0.4) is 0 Å². The van der Waals surface area contributed by atoms with Crippen LogP contribution >= 0.6 is 0 Å². The molecule has 1 saturated carbocycles. The molecule has 1 fully saturated rings. The van der Waals surface area contributed by atoms with E-state index < -0.39 is 0 Å². The first-order valence-corrected chi connectivity index (χ1v) is 4.95. The third kappa shape index (κ3) is 2.48. The van der Waals surface area contributed by atoms with Crippen molar-refractivity contribution in [2.75, 3.05) is 0 Å². The van der Waals surface area contributed by atoms with Gasteiger partial charge in [0.2, 0.25) is 0 Å². The highest BCUT2D eigenvalue weighted by molar-refractivity contribution is 4.85. The predicted octanol–water partition coefficient (Wildman–Crippen LogP) is 2.69. The maximum absolute atomic E-state index is 6.22. The Balaban J connectivity index is 2.45. The summed E-state index contributed by atoms with van der Waals surface area (Å²) in [6.45, 7) is 4.57. The van der Waals surface area contributed by atoms with Crippen molar-refractivity contribution in [3.05, 3.63) is 0 Å². The monoisotopic (exact) mass is 155 g/mol. The van der Waals surface area contributed by atoms with Gasteiger partial charge in [-0.25, -0.2) is 0 Å². The van der Waals surface area contributed by atoms with E-state index in [-0.39, 0.29) is 5.54 Å². The first kappa shape index (κ1) is 9.05. The lowest BCUT2D eigenvalue weighted by Gasteiger charge is -2.26. The summed E-state index contributed by atoms with van der Waals surface area (Å²) in [5.74, 6) is 0.909. The maximum atomic E-state index is 6.22. The standard InChI is InChI=1S/C10H21N/c1-3-10(11)7-4-5-9(2)6-8-10/h9H,3-8,11H2,1-2H3. The molecule has 1 heteroatoms. The van der Waals surface area contributed by atoms with Gasteiger partial charge in [0, 0.05) is 5.54 Å². The van der Waals surface area contributed by atoms with E-state index in [1.807, 2.05) is 0 Å². The lowest BCUT2D eigenvalue weighted by molar-refractivity contribution is 0.354. The van der Waals surface area contributed by atoms with E-state index in [2.05, 4.69) is 13.8 Å². The first-order chi connectivity index (χ1) is 5.16. The van der Waals surface area contributed by atoms with E-state index >= 15 is 0 Å². The fraction of sp³-hybridized carbons (Fsp3) is 1.00. The van der Waals surface area contributed by atoms with E-state index in [4.69, 9.17) is 5.73 Å². The molecular weight excluding hydrogens is 134 g/mol. The molecule has 1 aliphatic carbocycles. The molecule has 0 bridgehead atoms. The minimum absolute atomic E-state index is 0.185. The van der Waals surface area contributed by atoms with Gasteiger partial charge in [0.1, 0.15) is 0 Å². The van der Waals surface area contributed by atoms with Crippen molar-refractivity contribution in [2.45, 2.75) is 57.9 Å². The molecule has 1 aliphatic rings. The number of hydrogen-bond acceptors (Lipinski definition) is 1. The minimum atomic E-state index is 0.185. The largest absolute Gasteiger partial charge is 0.325 e. The van der Waals surface area contributed by atoms with Gasteiger partial charge in [0.25, 0.3) is 0 Å². The summed E-state index contributed by atoms with van der Waals surface area (Å²) in [6.07, 6.45) is 7.70. The second-order valence-corrected chi connectivity index (χ2v) is 4.25. The second kappa shape index (κ2) is 3.57. The van der Waals surface area contributed by atoms with Crippen molar-refractivity contribution >= 4 is 0 Å². The second-order valence-electron chi connectivity index (χ2n) is 4.25. The minimum Gasteiger partial charge on any atom is -0.325 e. The Bertz CT molecular complexity index is 122. The Morgan fingerprint density at radius 3 is 2.73 bits per heavy atom. The van der Waals surface area contributed by atoms with Crippen molar-refractivity contribution in [1.82, 2.24) is 0 Å². The smallest absolute Gasteiger partial charge is 0.0151 e. The van der Waals surface area contributed by atoms with E-state index in [0.717, 1.165) is 12.3 Å². The normalized spacial score (nSPS) is 40.1. The van der Waals surface area contributed by atoms with Crippen LogP contribution in [0.25, 0.3) is 0 Å². The molecule has 0 saturated heterocycles. The zero-order valence-corrected chi connectivity index (χ0v) is 7.90. The predicted molar refractivity (Wildman–Crippen MR) is 49.5 cm³/mol. The highest BCUT2D eigenvalue weighted by Crippen LogP contribution is 2.30. The van der Waals surface area contributed by atoms with E-state index in [1.54, 1.807) is 0 Å². The molecule has 0 aliphatic heterocycles. The lowest BCUT2D eigenvalue weighted by Crippen LogP contribution is -2.38. The van der Waals surface area contributed by atoms with Gasteiger partial charge in [-0.05, 0) is 31.6 Å². The van der Waals surface area contributed by atoms with Crippen LogP contribution in [0, 0.1) is 5.92 Å². The van der Waals surface area contributed by atoms with Crippen molar-refractivity contribution in [3.8, 4) is 0 Å². The quantitative estimate of drug-likeness (QED) is 0.579. The molecule has 1 rings (SSSR count). The van der Waals surface area contributed by atoms with Crippen LogP contribution in [0.5, 0.6) is 0 Å². The van der Waals surface area contributed by atoms with Gasteiger partial charge in [-0.15, -0.1) is 0 Å². The van der Waals surface area contributed by atoms with Gasteiger partial charge in [0.15, 0.2) is 0 Å². The zero-order chi connectivity index (χ0) is 8.32. The molecule has 2 unspecified atom stereocenters. The molecule has 0 spiro atoms. The summed E-state index contributed by atoms with van der Waals surface area (Å²) in [5, 5.41) is 0. The number of nitrogens with two attached hydrogens (primary N) is 1. The number of rotatable bonds is 1. The van der Waals surface area contributed by atoms with Crippen molar-refractivity contribution in [2.24, 2.45) is 11.7 Å². The summed E-state index contributed by atoms with van der Waals surface area (Å²) >= 11 is 0. The fourth-order valence-electron chi connectivity index (χ4n) is 1.96. The average molecular weight is 155 g/mol. The third-order valence-corrected chi connectivity index (χ3v) is 3.21. The van der Waals surface area contributed by atoms with Gasteiger partial charge in [-0.3, -0.25) is 0 Å². The van der Waals surface area contributed by atoms with Crippen LogP contribution in [0.4, 0.5) is 0 Å². The first-order valence-electron chi connectivity index (χ1n) is 4.95. The van der Waals surface area contributed by atoms with Gasteiger partial charge in [-0.2, -0.15) is 0 Å². The topological polar surface area (TPSA) is 26.0 Å². The molecule has 2 N–H and O–H groups in total. The Morgan fingerprint density at radius 2 is 2.09 bits per heavy atom. The molecule has 0 amide bonds. The van der Waals surface area contributed by atoms with Crippen LogP contribution in [0.2, 0.25) is 0 Å². The van der Waals surface area contributed by atoms with Crippen LogP contribution in [0.15, 0.2) is 0 Å². The average Bonchev–Trinajstić information content (AvgIpc) is 2.15. The lowest BCUT2D eigenvalue weighted by atomic mass is 9.88. The molecule has 2 atom stereocenters. The SMILES string of the molecule is CCC1(N)CCCC(C)CC1. The zero-order valence-electron chi connectivity index (χ0n) is 7.90. The molecule has 0 aromatic rings. The fourth-order valence-corrected chi connectivity index (χ4v) is 1.96. The van der Waals surface area contributed by atoms with Crippen LogP contribution in [0.1, 0.15) is 52.4 Å². The highest BCUT2D eigenvalue weighted by atomic mass is 14.7. The molecule has 1 nitrogen and oxygen atoms in total. The van der Waals surface area contributed by atoms with Gasteiger partial charge in [0.05, 0.1) is 0 Å². The highest BCUT2D eigenvalue weighted by Gasteiger charge is 2.25. The molecular formula is C10H21N. The van der Waals surface area contributed by atoms with Crippen molar-refractivity contribution < 1.29 is 0 Å². The summed E-state index contributed by atoms with van der Waals surface area (Å²) in [4.78, 5) is 0. The van der Waals surface area contributed by atoms with Crippen molar-refractivity contribution in [3.63, 3.8) is 0 Å². The van der Waals surface area contributed by atoms with Crippen LogP contribution in [-0.4, -0.2) is 5.54 Å². The third-order valence-electron chi connectivity index (χ3n) is 3.21. The van der Waals surface area contributed by atoms with Crippen LogP contribution in [-0.2, 0) is 0 Å². The Hall–Kier alpha value is -0.0400. The number of hydrogen-bond donors (Lipinski definition) is 1. The molecule has 0 aromatic heterocycles. The van der Waals surface area contributed by atoms with E-state index in [1.165, 1.54) is 32.1 Å². The Morgan fingerprint density at radius 1 is 1.36 bits per heavy atom. The summed E-state index contributed by atoms with van der Waals surface area (Å²) in [6, 6.07) is 0. The molecule has 11 heavy (non-hydrogen) atoms. The maximum Gasteiger partial charge on any atom is 0.0151 e.